The molecule has 0 unspecified atom stereocenters. The minimum absolute atomic E-state index is 0.308. The third-order valence-corrected chi connectivity index (χ3v) is 2.03. The summed E-state index contributed by atoms with van der Waals surface area (Å²) in [7, 11) is 0. The lowest BCUT2D eigenvalue weighted by molar-refractivity contribution is -0.268. The van der Waals surface area contributed by atoms with Crippen molar-refractivity contribution in [2.45, 2.75) is 45.4 Å². The van der Waals surface area contributed by atoms with Crippen LogP contribution in [-0.2, 0) is 19.4 Å². The van der Waals surface area contributed by atoms with Crippen molar-refractivity contribution < 1.29 is 19.4 Å². The lowest BCUT2D eigenvalue weighted by Crippen LogP contribution is -2.12. The molecule has 88 valence electrons. The van der Waals surface area contributed by atoms with Crippen LogP contribution in [-0.4, -0.2) is 17.8 Å². The molecule has 0 N–H and O–H groups in total. The van der Waals surface area contributed by atoms with E-state index in [0.717, 1.165) is 19.3 Å². The van der Waals surface area contributed by atoms with Gasteiger partial charge in [0.1, 0.15) is 0 Å². The van der Waals surface area contributed by atoms with E-state index in [1.807, 2.05) is 0 Å². The Morgan fingerprint density at radius 3 is 2.27 bits per heavy atom. The molecule has 5 heteroatoms. The molecule has 0 bridgehead atoms. The molecule has 0 radical (unpaired) electrons. The fourth-order valence-electron chi connectivity index (χ4n) is 1.07. The van der Waals surface area contributed by atoms with Crippen molar-refractivity contribution in [3.8, 4) is 0 Å². The van der Waals surface area contributed by atoms with Crippen molar-refractivity contribution in [3.63, 3.8) is 0 Å². The molecule has 0 saturated carbocycles. The van der Waals surface area contributed by atoms with Gasteiger partial charge in [0.15, 0.2) is 0 Å². The van der Waals surface area contributed by atoms with Crippen LogP contribution in [0, 0.1) is 0 Å². The Bertz CT molecular complexity index is 194. The van der Waals surface area contributed by atoms with Gasteiger partial charge in [-0.2, -0.15) is 4.89 Å². The highest BCUT2D eigenvalue weighted by molar-refractivity contribution is 6.80. The van der Waals surface area contributed by atoms with Crippen LogP contribution in [0.5, 0.6) is 0 Å². The Balaban J connectivity index is 3.11. The second-order valence-electron chi connectivity index (χ2n) is 3.23. The van der Waals surface area contributed by atoms with Crippen LogP contribution in [0.1, 0.15) is 45.4 Å². The van der Waals surface area contributed by atoms with Gasteiger partial charge in [0.25, 0.3) is 0 Å². The van der Waals surface area contributed by atoms with Crippen molar-refractivity contribution in [1.82, 2.24) is 0 Å². The predicted molar refractivity (Wildman–Crippen MR) is 56.3 cm³/mol. The molecular weight excluding hydrogens is 220 g/mol. The number of halogens is 1. The highest BCUT2D eigenvalue weighted by Gasteiger charge is 2.12. The summed E-state index contributed by atoms with van der Waals surface area (Å²) in [6.07, 6.45) is 6.68. The summed E-state index contributed by atoms with van der Waals surface area (Å²) < 4.78 is 0. The van der Waals surface area contributed by atoms with Gasteiger partial charge in [0, 0.05) is 0 Å². The average Bonchev–Trinajstić information content (AvgIpc) is 2.21. The third kappa shape index (κ3) is 9.69. The van der Waals surface area contributed by atoms with E-state index in [1.54, 1.807) is 0 Å². The maximum atomic E-state index is 10.5. The first kappa shape index (κ1) is 14.4. The molecule has 4 nitrogen and oxygen atoms in total. The van der Waals surface area contributed by atoms with Gasteiger partial charge in [-0.25, -0.2) is 4.79 Å². The third-order valence-electron chi connectivity index (χ3n) is 1.88. The van der Waals surface area contributed by atoms with Gasteiger partial charge in [-0.05, 0) is 18.0 Å². The Morgan fingerprint density at radius 1 is 1.07 bits per heavy atom. The zero-order valence-electron chi connectivity index (χ0n) is 8.96. The molecule has 0 aliphatic rings. The van der Waals surface area contributed by atoms with Crippen LogP contribution < -0.4 is 0 Å². The molecule has 0 atom stereocenters. The molecule has 0 amide bonds. The first-order valence-corrected chi connectivity index (χ1v) is 5.59. The van der Waals surface area contributed by atoms with Crippen molar-refractivity contribution in [1.29, 1.82) is 0 Å². The number of carbonyl (C=O) groups excluding carboxylic acids is 2. The quantitative estimate of drug-likeness (QED) is 0.203. The fourth-order valence-corrected chi connectivity index (χ4v) is 1.10. The summed E-state index contributed by atoms with van der Waals surface area (Å²) in [6, 6.07) is 0. The van der Waals surface area contributed by atoms with E-state index in [9.17, 15) is 9.59 Å². The van der Waals surface area contributed by atoms with E-state index in [1.165, 1.54) is 19.3 Å². The van der Waals surface area contributed by atoms with E-state index in [4.69, 9.17) is 11.6 Å². The van der Waals surface area contributed by atoms with Crippen LogP contribution in [0.2, 0.25) is 0 Å². The summed E-state index contributed by atoms with van der Waals surface area (Å²) in [5.41, 5.74) is 0. The van der Waals surface area contributed by atoms with Gasteiger partial charge < -0.3 is 0 Å². The van der Waals surface area contributed by atoms with Gasteiger partial charge >= 0.3 is 11.2 Å². The lowest BCUT2D eigenvalue weighted by Gasteiger charge is -2.01. The standard InChI is InChI=1S/C10H17ClO4/c1-2-3-4-5-6-7-8-14-15-10(13)9(11)12/h2-8H2,1H3. The fraction of sp³-hybridized carbons (Fsp3) is 0.800. The first-order chi connectivity index (χ1) is 7.18. The molecule has 0 aromatic rings. The molecule has 0 saturated heterocycles. The van der Waals surface area contributed by atoms with E-state index in [-0.39, 0.29) is 0 Å². The molecule has 0 aliphatic carbocycles. The molecule has 0 rings (SSSR count). The molecule has 0 fully saturated rings. The largest absolute Gasteiger partial charge is 0.424 e. The van der Waals surface area contributed by atoms with Crippen molar-refractivity contribution in [2.75, 3.05) is 6.61 Å². The molecule has 0 spiro atoms. The Kier molecular flexibility index (Phi) is 9.52. The predicted octanol–water partition coefficient (Wildman–Crippen LogP) is 2.59. The van der Waals surface area contributed by atoms with Crippen LogP contribution in [0.4, 0.5) is 0 Å². The minimum Gasteiger partial charge on any atom is -0.288 e. The zero-order valence-corrected chi connectivity index (χ0v) is 9.72. The van der Waals surface area contributed by atoms with E-state index in [2.05, 4.69) is 16.7 Å². The van der Waals surface area contributed by atoms with Gasteiger partial charge in [-0.1, -0.05) is 39.0 Å². The molecule has 15 heavy (non-hydrogen) atoms. The minimum atomic E-state index is -1.17. The van der Waals surface area contributed by atoms with Crippen molar-refractivity contribution >= 4 is 22.8 Å². The Labute approximate surface area is 94.8 Å². The topological polar surface area (TPSA) is 52.6 Å². The van der Waals surface area contributed by atoms with Crippen LogP contribution in [0.15, 0.2) is 0 Å². The monoisotopic (exact) mass is 236 g/mol. The summed E-state index contributed by atoms with van der Waals surface area (Å²) in [5.74, 6) is -1.16. The summed E-state index contributed by atoms with van der Waals surface area (Å²) in [6.45, 7) is 2.47. The Morgan fingerprint density at radius 2 is 1.67 bits per heavy atom. The number of hydrogen-bond acceptors (Lipinski definition) is 4. The number of hydrogen-bond donors (Lipinski definition) is 0. The maximum absolute atomic E-state index is 10.5. The zero-order chi connectivity index (χ0) is 11.5. The number of carbonyl (C=O) groups is 2. The smallest absolute Gasteiger partial charge is 0.288 e. The van der Waals surface area contributed by atoms with E-state index in [0.29, 0.717) is 6.61 Å². The second kappa shape index (κ2) is 9.93. The summed E-state index contributed by atoms with van der Waals surface area (Å²) in [5, 5.41) is -1.17. The van der Waals surface area contributed by atoms with E-state index >= 15 is 0 Å². The molecular formula is C10H17ClO4. The highest BCUT2D eigenvalue weighted by Crippen LogP contribution is 2.04. The average molecular weight is 237 g/mol. The van der Waals surface area contributed by atoms with Crippen LogP contribution >= 0.6 is 11.6 Å². The lowest BCUT2D eigenvalue weighted by atomic mass is 10.1. The van der Waals surface area contributed by atoms with Gasteiger partial charge in [0.05, 0.1) is 6.61 Å². The van der Waals surface area contributed by atoms with Crippen LogP contribution in [0.3, 0.4) is 0 Å². The second-order valence-corrected chi connectivity index (χ2v) is 3.58. The normalized spacial score (nSPS) is 10.0. The van der Waals surface area contributed by atoms with E-state index < -0.39 is 11.2 Å². The molecule has 0 aliphatic heterocycles. The molecule has 0 heterocycles. The van der Waals surface area contributed by atoms with Gasteiger partial charge in [-0.15, -0.1) is 0 Å². The maximum Gasteiger partial charge on any atom is 0.424 e. The SMILES string of the molecule is CCCCCCCCOOC(=O)C(=O)Cl. The number of unbranched alkanes of at least 4 members (excludes halogenated alkanes) is 5. The summed E-state index contributed by atoms with van der Waals surface area (Å²) >= 11 is 4.83. The first-order valence-electron chi connectivity index (χ1n) is 5.21. The van der Waals surface area contributed by atoms with Gasteiger partial charge in [0.2, 0.25) is 0 Å². The van der Waals surface area contributed by atoms with Crippen molar-refractivity contribution in [2.24, 2.45) is 0 Å². The summed E-state index contributed by atoms with van der Waals surface area (Å²) in [4.78, 5) is 29.3. The van der Waals surface area contributed by atoms with Gasteiger partial charge in [-0.3, -0.25) is 9.68 Å². The van der Waals surface area contributed by atoms with Crippen LogP contribution in [0.25, 0.3) is 0 Å². The highest BCUT2D eigenvalue weighted by atomic mass is 35.5. The number of rotatable bonds is 9. The Hall–Kier alpha value is -0.610. The van der Waals surface area contributed by atoms with Crippen molar-refractivity contribution in [3.05, 3.63) is 0 Å². The molecule has 0 aromatic carbocycles. The molecule has 0 aromatic heterocycles.